The second-order valence-electron chi connectivity index (χ2n) is 21.7. The zero-order valence-electron chi connectivity index (χ0n) is 45.8. The molecule has 0 bridgehead atoms. The van der Waals surface area contributed by atoms with Gasteiger partial charge in [-0.2, -0.15) is 0 Å². The van der Waals surface area contributed by atoms with Gasteiger partial charge >= 0.3 is 0 Å². The van der Waals surface area contributed by atoms with Gasteiger partial charge in [0, 0.05) is 0 Å². The Hall–Kier alpha value is -0.910. The first-order valence-electron chi connectivity index (χ1n) is 31.0. The van der Waals surface area contributed by atoms with Crippen LogP contribution in [0.2, 0.25) is 0 Å². The summed E-state index contributed by atoms with van der Waals surface area (Å²) in [4.78, 5) is 12.5. The molecule has 1 amide bonds. The van der Waals surface area contributed by atoms with Gasteiger partial charge in [-0.05, 0) is 19.3 Å². The number of nitrogens with one attached hydrogen (secondary N) is 1. The Morgan fingerprint density at radius 1 is 0.373 bits per heavy atom. The highest BCUT2D eigenvalue weighted by Gasteiger charge is 2.20. The molecule has 0 spiro atoms. The lowest BCUT2D eigenvalue weighted by atomic mass is 10.0. The largest absolute Gasteiger partial charge is 0.394 e. The molecule has 4 N–H and O–H groups in total. The van der Waals surface area contributed by atoms with Crippen LogP contribution < -0.4 is 5.32 Å². The van der Waals surface area contributed by atoms with E-state index in [9.17, 15) is 20.1 Å². The maximum Gasteiger partial charge on any atom is 0.222 e. The second-order valence-corrected chi connectivity index (χ2v) is 21.7. The Bertz CT molecular complexity index is 956. The second kappa shape index (κ2) is 57.7. The summed E-state index contributed by atoms with van der Waals surface area (Å²) in [6.45, 7) is 4.26. The Labute approximate surface area is 420 Å². The van der Waals surface area contributed by atoms with E-state index in [0.29, 0.717) is 6.42 Å². The molecule has 0 aromatic heterocycles. The minimum Gasteiger partial charge on any atom is -0.394 e. The highest BCUT2D eigenvalue weighted by atomic mass is 16.3. The molecule has 0 saturated heterocycles. The molecule has 0 radical (unpaired) electrons. The van der Waals surface area contributed by atoms with Crippen LogP contribution in [0.5, 0.6) is 0 Å². The van der Waals surface area contributed by atoms with Crippen molar-refractivity contribution in [2.45, 2.75) is 372 Å². The summed E-state index contributed by atoms with van der Waals surface area (Å²) in [5.74, 6) is -0.308. The topological polar surface area (TPSA) is 89.8 Å². The van der Waals surface area contributed by atoms with E-state index >= 15 is 0 Å². The molecule has 0 fully saturated rings. The molecule has 0 aliphatic rings. The van der Waals surface area contributed by atoms with Gasteiger partial charge < -0.3 is 20.6 Å². The van der Waals surface area contributed by atoms with Crippen LogP contribution in [-0.4, -0.2) is 46.1 Å². The third-order valence-electron chi connectivity index (χ3n) is 14.8. The van der Waals surface area contributed by atoms with E-state index in [-0.39, 0.29) is 18.9 Å². The number of unbranched alkanes of at least 4 members (excludes halogenated alkanes) is 49. The van der Waals surface area contributed by atoms with Crippen LogP contribution in [0.4, 0.5) is 0 Å². The molecule has 0 aromatic rings. The van der Waals surface area contributed by atoms with Crippen LogP contribution in [0.1, 0.15) is 354 Å². The van der Waals surface area contributed by atoms with E-state index in [1.807, 2.05) is 6.08 Å². The van der Waals surface area contributed by atoms with Crippen LogP contribution in [-0.2, 0) is 4.79 Å². The third-order valence-corrected chi connectivity index (χ3v) is 14.8. The van der Waals surface area contributed by atoms with Gasteiger partial charge in [0.15, 0.2) is 0 Å². The zero-order chi connectivity index (χ0) is 48.6. The highest BCUT2D eigenvalue weighted by Crippen LogP contribution is 2.19. The van der Waals surface area contributed by atoms with Crippen LogP contribution in [0, 0.1) is 0 Å². The number of amides is 1. The maximum absolute atomic E-state index is 12.5. The first kappa shape index (κ1) is 66.1. The number of aliphatic hydroxyl groups is 3. The lowest BCUT2D eigenvalue weighted by Crippen LogP contribution is -2.45. The number of carbonyl (C=O) groups excluding carboxylic acids is 1. The monoisotopic (exact) mass is 946 g/mol. The predicted molar refractivity (Wildman–Crippen MR) is 296 cm³/mol. The molecule has 5 nitrogen and oxygen atoms in total. The molecule has 3 atom stereocenters. The molecule has 5 heteroatoms. The summed E-state index contributed by atoms with van der Waals surface area (Å²) in [7, 11) is 0. The van der Waals surface area contributed by atoms with Gasteiger partial charge in [-0.15, -0.1) is 0 Å². The van der Waals surface area contributed by atoms with E-state index in [2.05, 4.69) is 19.2 Å². The first-order valence-corrected chi connectivity index (χ1v) is 31.0. The van der Waals surface area contributed by atoms with Gasteiger partial charge in [0.2, 0.25) is 5.91 Å². The zero-order valence-corrected chi connectivity index (χ0v) is 45.8. The van der Waals surface area contributed by atoms with Gasteiger partial charge in [-0.25, -0.2) is 0 Å². The fraction of sp³-hybridized carbons (Fsp3) is 0.952. The van der Waals surface area contributed by atoms with Crippen molar-refractivity contribution in [3.8, 4) is 0 Å². The van der Waals surface area contributed by atoms with Crippen molar-refractivity contribution >= 4 is 5.91 Å². The van der Waals surface area contributed by atoms with E-state index < -0.39 is 18.2 Å². The highest BCUT2D eigenvalue weighted by molar-refractivity contribution is 5.76. The van der Waals surface area contributed by atoms with Crippen molar-refractivity contribution < 1.29 is 20.1 Å². The first-order chi connectivity index (χ1) is 33.0. The molecular formula is C62H123NO4. The number of hydrogen-bond acceptors (Lipinski definition) is 4. The number of allylic oxidation sites excluding steroid dienone is 1. The summed E-state index contributed by atoms with van der Waals surface area (Å²) in [6.07, 6.45) is 73.0. The van der Waals surface area contributed by atoms with Gasteiger partial charge in [0.05, 0.1) is 31.3 Å². The van der Waals surface area contributed by atoms with E-state index in [4.69, 9.17) is 0 Å². The minimum atomic E-state index is -0.926. The lowest BCUT2D eigenvalue weighted by molar-refractivity contribution is -0.124. The normalized spacial score (nSPS) is 13.2. The Balaban J connectivity index is 3.44. The fourth-order valence-electron chi connectivity index (χ4n) is 10.1. The molecule has 0 aliphatic heterocycles. The summed E-state index contributed by atoms with van der Waals surface area (Å²) in [6, 6.07) is -0.741. The molecule has 0 aliphatic carbocycles. The average Bonchev–Trinajstić information content (AvgIpc) is 3.32. The molecule has 0 rings (SSSR count). The SMILES string of the molecule is CCCCCCCCCCCCCCCCC/C=C/C(O)C(CO)NC(=O)CC(O)CCCCCCCCCCCCCCCCCCCCCCCCCCCCCCCCCCCCC. The fourth-order valence-corrected chi connectivity index (χ4v) is 10.1. The molecule has 0 heterocycles. The van der Waals surface area contributed by atoms with Crippen molar-refractivity contribution in [2.24, 2.45) is 0 Å². The summed E-state index contributed by atoms with van der Waals surface area (Å²) < 4.78 is 0. The molecular weight excluding hydrogens is 823 g/mol. The predicted octanol–water partition coefficient (Wildman–Crippen LogP) is 19.5. The molecule has 0 saturated carbocycles. The average molecular weight is 947 g/mol. The van der Waals surface area contributed by atoms with E-state index in [0.717, 1.165) is 25.7 Å². The molecule has 0 aromatic carbocycles. The van der Waals surface area contributed by atoms with E-state index in [1.54, 1.807) is 6.08 Å². The molecule has 3 unspecified atom stereocenters. The summed E-state index contributed by atoms with van der Waals surface area (Å²) in [5.41, 5.74) is 0. The van der Waals surface area contributed by atoms with Crippen molar-refractivity contribution in [3.63, 3.8) is 0 Å². The van der Waals surface area contributed by atoms with Crippen molar-refractivity contribution in [2.75, 3.05) is 6.61 Å². The lowest BCUT2D eigenvalue weighted by Gasteiger charge is -2.21. The third kappa shape index (κ3) is 54.3. The number of aliphatic hydroxyl groups excluding tert-OH is 3. The minimum absolute atomic E-state index is 0.0196. The van der Waals surface area contributed by atoms with Crippen LogP contribution >= 0.6 is 0 Å². The summed E-state index contributed by atoms with van der Waals surface area (Å²) >= 11 is 0. The van der Waals surface area contributed by atoms with Crippen molar-refractivity contribution in [1.29, 1.82) is 0 Å². The number of hydrogen-bond donors (Lipinski definition) is 4. The maximum atomic E-state index is 12.5. The van der Waals surface area contributed by atoms with Crippen molar-refractivity contribution in [3.05, 3.63) is 12.2 Å². The van der Waals surface area contributed by atoms with Gasteiger partial charge in [0.25, 0.3) is 0 Å². The standard InChI is InChI=1S/C62H123NO4/c1-3-5-7-9-11-13-15-17-19-21-22-23-24-25-26-27-28-29-30-31-32-33-34-35-36-37-38-40-41-43-45-47-49-51-53-55-59(65)57-62(67)63-60(58-64)61(66)56-54-52-50-48-46-44-42-39-20-18-16-14-12-10-8-6-4-2/h54,56,59-61,64-66H,3-53,55,57-58H2,1-2H3,(H,63,67)/b56-54+. The quantitative estimate of drug-likeness (QED) is 0.0361. The number of rotatable bonds is 58. The Morgan fingerprint density at radius 2 is 0.612 bits per heavy atom. The van der Waals surface area contributed by atoms with Crippen molar-refractivity contribution in [1.82, 2.24) is 5.32 Å². The Morgan fingerprint density at radius 3 is 0.866 bits per heavy atom. The van der Waals surface area contributed by atoms with Gasteiger partial charge in [-0.3, -0.25) is 4.79 Å². The number of carbonyl (C=O) groups is 1. The molecule has 67 heavy (non-hydrogen) atoms. The summed E-state index contributed by atoms with van der Waals surface area (Å²) in [5, 5.41) is 33.5. The Kier molecular flexibility index (Phi) is 56.9. The smallest absolute Gasteiger partial charge is 0.222 e. The van der Waals surface area contributed by atoms with Gasteiger partial charge in [-0.1, -0.05) is 341 Å². The van der Waals surface area contributed by atoms with Crippen LogP contribution in [0.25, 0.3) is 0 Å². The van der Waals surface area contributed by atoms with Crippen LogP contribution in [0.3, 0.4) is 0 Å². The molecule has 400 valence electrons. The van der Waals surface area contributed by atoms with Crippen LogP contribution in [0.15, 0.2) is 12.2 Å². The van der Waals surface area contributed by atoms with E-state index in [1.165, 1.54) is 302 Å². The van der Waals surface area contributed by atoms with Gasteiger partial charge in [0.1, 0.15) is 0 Å².